The summed E-state index contributed by atoms with van der Waals surface area (Å²) in [6, 6.07) is 34.7. The lowest BCUT2D eigenvalue weighted by molar-refractivity contribution is -0.147. The molecule has 0 radical (unpaired) electrons. The molecule has 36 heavy (non-hydrogen) atoms. The van der Waals surface area contributed by atoms with Crippen LogP contribution >= 0.6 is 0 Å². The maximum absolute atomic E-state index is 13.2. The summed E-state index contributed by atoms with van der Waals surface area (Å²) in [4.78, 5) is 39.3. The number of benzene rings is 4. The zero-order chi connectivity index (χ0) is 25.3. The van der Waals surface area contributed by atoms with Gasteiger partial charge in [0.2, 0.25) is 11.7 Å². The van der Waals surface area contributed by atoms with Crippen molar-refractivity contribution >= 4 is 17.7 Å². The third-order valence-corrected chi connectivity index (χ3v) is 5.86. The number of carbonyl (C=O) groups is 3. The Kier molecular flexibility index (Phi) is 8.04. The molecule has 0 aliphatic heterocycles. The molecule has 0 aromatic heterocycles. The Hall–Kier alpha value is -4.51. The summed E-state index contributed by atoms with van der Waals surface area (Å²) in [5.41, 5.74) is 3.65. The molecule has 0 aliphatic carbocycles. The van der Waals surface area contributed by atoms with Gasteiger partial charge >= 0.3 is 5.97 Å². The van der Waals surface area contributed by atoms with Crippen molar-refractivity contribution in [3.8, 4) is 0 Å². The van der Waals surface area contributed by atoms with Crippen LogP contribution in [0.15, 0.2) is 115 Å². The number of rotatable bonds is 9. The van der Waals surface area contributed by atoms with Crippen molar-refractivity contribution in [3.05, 3.63) is 143 Å². The zero-order valence-corrected chi connectivity index (χ0v) is 20.0. The first kappa shape index (κ1) is 24.6. The van der Waals surface area contributed by atoms with E-state index >= 15 is 0 Å². The highest BCUT2D eigenvalue weighted by Gasteiger charge is 2.27. The van der Waals surface area contributed by atoms with Crippen LogP contribution in [-0.4, -0.2) is 24.2 Å². The molecule has 1 amide bonds. The maximum atomic E-state index is 13.2. The number of amides is 1. The molecule has 5 heteroatoms. The molecule has 1 atom stereocenters. The monoisotopic (exact) mass is 477 g/mol. The van der Waals surface area contributed by atoms with Gasteiger partial charge in [-0.15, -0.1) is 0 Å². The van der Waals surface area contributed by atoms with Gasteiger partial charge in [-0.1, -0.05) is 121 Å². The third kappa shape index (κ3) is 6.13. The predicted octanol–water partition coefficient (Wildman–Crippen LogP) is 5.41. The van der Waals surface area contributed by atoms with E-state index in [0.29, 0.717) is 11.1 Å². The molecule has 0 bridgehead atoms. The van der Waals surface area contributed by atoms with E-state index in [1.54, 1.807) is 36.4 Å². The van der Waals surface area contributed by atoms with Gasteiger partial charge in [0, 0.05) is 11.1 Å². The second-order valence-corrected chi connectivity index (χ2v) is 8.48. The van der Waals surface area contributed by atoms with Crippen molar-refractivity contribution < 1.29 is 19.1 Å². The van der Waals surface area contributed by atoms with Crippen LogP contribution in [-0.2, 0) is 14.3 Å². The Bertz CT molecular complexity index is 1260. The van der Waals surface area contributed by atoms with E-state index in [-0.39, 0.29) is 18.2 Å². The molecule has 5 nitrogen and oxygen atoms in total. The van der Waals surface area contributed by atoms with Gasteiger partial charge in [0.25, 0.3) is 0 Å². The van der Waals surface area contributed by atoms with Gasteiger partial charge in [0.1, 0.15) is 6.54 Å². The number of ether oxygens (including phenoxy) is 1. The van der Waals surface area contributed by atoms with Crippen LogP contribution < -0.4 is 5.32 Å². The average Bonchev–Trinajstić information content (AvgIpc) is 2.92. The van der Waals surface area contributed by atoms with E-state index in [0.717, 1.165) is 16.7 Å². The molecule has 4 rings (SSSR count). The van der Waals surface area contributed by atoms with E-state index < -0.39 is 18.0 Å². The van der Waals surface area contributed by atoms with Crippen LogP contribution in [0.25, 0.3) is 0 Å². The molecular weight excluding hydrogens is 450 g/mol. The first-order chi connectivity index (χ1) is 17.5. The van der Waals surface area contributed by atoms with Gasteiger partial charge in [0.05, 0.1) is 5.92 Å². The number of carbonyl (C=O) groups excluding carboxylic acids is 3. The Morgan fingerprint density at radius 3 is 1.64 bits per heavy atom. The van der Waals surface area contributed by atoms with Crippen molar-refractivity contribution in [1.29, 1.82) is 0 Å². The van der Waals surface area contributed by atoms with Gasteiger partial charge in [-0.25, -0.2) is 0 Å². The normalized spacial score (nSPS) is 11.5. The summed E-state index contributed by atoms with van der Waals surface area (Å²) in [5, 5.41) is 2.70. The molecule has 180 valence electrons. The van der Waals surface area contributed by atoms with E-state index in [2.05, 4.69) is 5.32 Å². The molecule has 4 aromatic rings. The van der Waals surface area contributed by atoms with Crippen LogP contribution in [0.5, 0.6) is 0 Å². The van der Waals surface area contributed by atoms with E-state index in [4.69, 9.17) is 4.74 Å². The summed E-state index contributed by atoms with van der Waals surface area (Å²) in [7, 11) is 0. The predicted molar refractivity (Wildman–Crippen MR) is 139 cm³/mol. The van der Waals surface area contributed by atoms with Crippen molar-refractivity contribution in [2.75, 3.05) is 6.54 Å². The first-order valence-corrected chi connectivity index (χ1v) is 11.8. The number of esters is 1. The van der Waals surface area contributed by atoms with Gasteiger partial charge in [-0.3, -0.25) is 14.4 Å². The standard InChI is InChI=1S/C31H27NO4/c1-22-17-19-25(20-18-22)29(34)30(26-15-9-4-10-16-26)36-27(33)21-32-31(35)28(23-11-5-2-6-12-23)24-13-7-3-8-14-24/h2-20,28,30H,21H2,1H3,(H,32,35). The largest absolute Gasteiger partial charge is 0.448 e. The minimum atomic E-state index is -1.11. The summed E-state index contributed by atoms with van der Waals surface area (Å²) in [5.74, 6) is -1.94. The number of hydrogen-bond donors (Lipinski definition) is 1. The lowest BCUT2D eigenvalue weighted by atomic mass is 9.90. The fraction of sp³-hybridized carbons (Fsp3) is 0.129. The second-order valence-electron chi connectivity index (χ2n) is 8.48. The van der Waals surface area contributed by atoms with Crippen LogP contribution in [0.4, 0.5) is 0 Å². The van der Waals surface area contributed by atoms with Gasteiger partial charge in [-0.2, -0.15) is 0 Å². The Morgan fingerprint density at radius 2 is 1.14 bits per heavy atom. The summed E-state index contributed by atoms with van der Waals surface area (Å²) >= 11 is 0. The maximum Gasteiger partial charge on any atom is 0.326 e. The van der Waals surface area contributed by atoms with Crippen molar-refractivity contribution in [1.82, 2.24) is 5.32 Å². The highest BCUT2D eigenvalue weighted by Crippen LogP contribution is 2.25. The van der Waals surface area contributed by atoms with Crippen molar-refractivity contribution in [3.63, 3.8) is 0 Å². The minimum absolute atomic E-state index is 0.327. The molecule has 1 N–H and O–H groups in total. The minimum Gasteiger partial charge on any atom is -0.448 e. The molecule has 0 heterocycles. The zero-order valence-electron chi connectivity index (χ0n) is 20.0. The average molecular weight is 478 g/mol. The van der Waals surface area contributed by atoms with Crippen LogP contribution in [0.2, 0.25) is 0 Å². The van der Waals surface area contributed by atoms with Crippen molar-refractivity contribution in [2.45, 2.75) is 18.9 Å². The highest BCUT2D eigenvalue weighted by atomic mass is 16.5. The Labute approximate surface area is 210 Å². The Balaban J connectivity index is 1.49. The number of aryl methyl sites for hydroxylation is 1. The number of nitrogens with one attached hydrogen (secondary N) is 1. The SMILES string of the molecule is Cc1ccc(C(=O)C(OC(=O)CNC(=O)C(c2ccccc2)c2ccccc2)c2ccccc2)cc1. The fourth-order valence-corrected chi connectivity index (χ4v) is 3.99. The molecular formula is C31H27NO4. The number of Topliss-reactive ketones (excluding diaryl/α,β-unsaturated/α-hetero) is 1. The smallest absolute Gasteiger partial charge is 0.326 e. The van der Waals surface area contributed by atoms with Crippen LogP contribution in [0.3, 0.4) is 0 Å². The number of ketones is 1. The van der Waals surface area contributed by atoms with E-state index in [1.165, 1.54) is 0 Å². The summed E-state index contributed by atoms with van der Waals surface area (Å²) in [6.45, 7) is 1.57. The summed E-state index contributed by atoms with van der Waals surface area (Å²) in [6.07, 6.45) is -1.11. The highest BCUT2D eigenvalue weighted by molar-refractivity contribution is 6.01. The van der Waals surface area contributed by atoms with E-state index in [1.807, 2.05) is 85.8 Å². The quantitative estimate of drug-likeness (QED) is 0.258. The van der Waals surface area contributed by atoms with Gasteiger partial charge in [-0.05, 0) is 18.1 Å². The van der Waals surface area contributed by atoms with E-state index in [9.17, 15) is 14.4 Å². The van der Waals surface area contributed by atoms with Crippen LogP contribution in [0.1, 0.15) is 44.6 Å². The first-order valence-electron chi connectivity index (χ1n) is 11.8. The molecule has 0 saturated carbocycles. The lowest BCUT2D eigenvalue weighted by Crippen LogP contribution is -2.36. The number of hydrogen-bond acceptors (Lipinski definition) is 4. The second kappa shape index (κ2) is 11.8. The topological polar surface area (TPSA) is 72.5 Å². The van der Waals surface area contributed by atoms with Crippen molar-refractivity contribution in [2.24, 2.45) is 0 Å². The molecule has 0 saturated heterocycles. The molecule has 1 unspecified atom stereocenters. The fourth-order valence-electron chi connectivity index (χ4n) is 3.99. The van der Waals surface area contributed by atoms with Crippen LogP contribution in [0, 0.1) is 6.92 Å². The van der Waals surface area contributed by atoms with Gasteiger partial charge < -0.3 is 10.1 Å². The molecule has 0 aliphatic rings. The molecule has 0 fully saturated rings. The Morgan fingerprint density at radius 1 is 0.667 bits per heavy atom. The summed E-state index contributed by atoms with van der Waals surface area (Å²) < 4.78 is 5.62. The molecule has 4 aromatic carbocycles. The molecule has 0 spiro atoms. The third-order valence-electron chi connectivity index (χ3n) is 5.86. The van der Waals surface area contributed by atoms with Gasteiger partial charge in [0.15, 0.2) is 6.10 Å². The lowest BCUT2D eigenvalue weighted by Gasteiger charge is -2.20.